The highest BCUT2D eigenvalue weighted by Gasteiger charge is 2.30. The Morgan fingerprint density at radius 2 is 1.94 bits per heavy atom. The van der Waals surface area contributed by atoms with Crippen molar-refractivity contribution in [2.75, 3.05) is 13.1 Å². The quantitative estimate of drug-likeness (QED) is 0.765. The zero-order valence-electron chi connectivity index (χ0n) is 11.5. The van der Waals surface area contributed by atoms with Gasteiger partial charge in [0.2, 0.25) is 11.8 Å². The molecule has 0 saturated carbocycles. The summed E-state index contributed by atoms with van der Waals surface area (Å²) in [5.74, 6) is 0.518. The van der Waals surface area contributed by atoms with Crippen LogP contribution >= 0.6 is 0 Å². The number of rotatable bonds is 4. The van der Waals surface area contributed by atoms with E-state index in [1.165, 1.54) is 0 Å². The molecule has 2 atom stereocenters. The average molecular weight is 252 g/mol. The Hall–Kier alpha value is -1.06. The third kappa shape index (κ3) is 2.85. The molecule has 0 aromatic heterocycles. The fourth-order valence-electron chi connectivity index (χ4n) is 3.18. The largest absolute Gasteiger partial charge is 0.343 e. The van der Waals surface area contributed by atoms with Crippen LogP contribution in [0.4, 0.5) is 0 Å². The molecular formula is C14H24N2O2. The molecular weight excluding hydrogens is 228 g/mol. The molecule has 2 saturated heterocycles. The van der Waals surface area contributed by atoms with Crippen molar-refractivity contribution in [1.29, 1.82) is 0 Å². The average Bonchev–Trinajstić information content (AvgIpc) is 2.86. The monoisotopic (exact) mass is 252 g/mol. The second kappa shape index (κ2) is 5.72. The highest BCUT2D eigenvalue weighted by Crippen LogP contribution is 2.24. The van der Waals surface area contributed by atoms with Crippen LogP contribution in [0.25, 0.3) is 0 Å². The van der Waals surface area contributed by atoms with Crippen molar-refractivity contribution in [3.8, 4) is 0 Å². The normalized spacial score (nSPS) is 28.2. The van der Waals surface area contributed by atoms with Crippen molar-refractivity contribution >= 4 is 11.8 Å². The van der Waals surface area contributed by atoms with Crippen molar-refractivity contribution in [1.82, 2.24) is 9.80 Å². The topological polar surface area (TPSA) is 40.6 Å². The highest BCUT2D eigenvalue weighted by atomic mass is 16.2. The highest BCUT2D eigenvalue weighted by molar-refractivity contribution is 5.78. The summed E-state index contributed by atoms with van der Waals surface area (Å²) >= 11 is 0. The maximum Gasteiger partial charge on any atom is 0.223 e. The Morgan fingerprint density at radius 3 is 2.50 bits per heavy atom. The van der Waals surface area contributed by atoms with Crippen LogP contribution in [0.5, 0.6) is 0 Å². The summed E-state index contributed by atoms with van der Waals surface area (Å²) in [6, 6.07) is 0.779. The minimum absolute atomic E-state index is 0.255. The Balaban J connectivity index is 1.73. The third-order valence-corrected chi connectivity index (χ3v) is 4.23. The predicted octanol–water partition coefficient (Wildman–Crippen LogP) is 1.79. The zero-order valence-corrected chi connectivity index (χ0v) is 11.5. The molecule has 4 heteroatoms. The molecule has 2 aliphatic heterocycles. The first-order chi connectivity index (χ1) is 8.59. The molecule has 2 aliphatic rings. The summed E-state index contributed by atoms with van der Waals surface area (Å²) < 4.78 is 0. The molecule has 0 aromatic rings. The Morgan fingerprint density at radius 1 is 1.28 bits per heavy atom. The van der Waals surface area contributed by atoms with Gasteiger partial charge in [0, 0.05) is 38.0 Å². The lowest BCUT2D eigenvalue weighted by atomic mass is 10.2. The van der Waals surface area contributed by atoms with Gasteiger partial charge in [-0.15, -0.1) is 0 Å². The van der Waals surface area contributed by atoms with E-state index in [0.717, 1.165) is 38.8 Å². The molecule has 4 nitrogen and oxygen atoms in total. The van der Waals surface area contributed by atoms with Crippen LogP contribution in [0.15, 0.2) is 0 Å². The lowest BCUT2D eigenvalue weighted by Gasteiger charge is -2.26. The Bertz CT molecular complexity index is 320. The van der Waals surface area contributed by atoms with E-state index in [1.807, 2.05) is 9.80 Å². The first-order valence-corrected chi connectivity index (χ1v) is 7.18. The van der Waals surface area contributed by atoms with Crippen molar-refractivity contribution in [3.05, 3.63) is 0 Å². The first kappa shape index (κ1) is 13.4. The van der Waals surface area contributed by atoms with Crippen LogP contribution in [-0.2, 0) is 9.59 Å². The standard InChI is InChI=1S/C14H24N2O2/c1-11-7-8-12(2)16(11)14(18)6-4-10-15-9-3-5-13(15)17/h11-12H,3-10H2,1-2H3/t11-,12+. The number of carbonyl (C=O) groups excluding carboxylic acids is 2. The number of carbonyl (C=O) groups is 2. The van der Waals surface area contributed by atoms with Crippen molar-refractivity contribution in [2.45, 2.75) is 64.5 Å². The molecule has 0 aromatic carbocycles. The second-order valence-electron chi connectivity index (χ2n) is 5.66. The molecule has 0 radical (unpaired) electrons. The minimum Gasteiger partial charge on any atom is -0.343 e. The van der Waals surface area contributed by atoms with Crippen LogP contribution in [0, 0.1) is 0 Å². The first-order valence-electron chi connectivity index (χ1n) is 7.18. The molecule has 102 valence electrons. The maximum absolute atomic E-state index is 12.1. The van der Waals surface area contributed by atoms with Crippen LogP contribution < -0.4 is 0 Å². The Kier molecular flexibility index (Phi) is 4.25. The molecule has 2 heterocycles. The van der Waals surface area contributed by atoms with Gasteiger partial charge >= 0.3 is 0 Å². The number of likely N-dealkylation sites (tertiary alicyclic amines) is 2. The van der Waals surface area contributed by atoms with Gasteiger partial charge in [0.1, 0.15) is 0 Å². The van der Waals surface area contributed by atoms with E-state index in [4.69, 9.17) is 0 Å². The van der Waals surface area contributed by atoms with Gasteiger partial charge in [-0.3, -0.25) is 9.59 Å². The number of hydrogen-bond donors (Lipinski definition) is 0. The van der Waals surface area contributed by atoms with E-state index in [9.17, 15) is 9.59 Å². The summed E-state index contributed by atoms with van der Waals surface area (Å²) in [4.78, 5) is 27.5. The van der Waals surface area contributed by atoms with Gasteiger partial charge in [0.25, 0.3) is 0 Å². The zero-order chi connectivity index (χ0) is 13.1. The lowest BCUT2D eigenvalue weighted by Crippen LogP contribution is -2.38. The molecule has 0 bridgehead atoms. The molecule has 2 amide bonds. The Labute approximate surface area is 109 Å². The van der Waals surface area contributed by atoms with Gasteiger partial charge in [0.05, 0.1) is 0 Å². The summed E-state index contributed by atoms with van der Waals surface area (Å²) in [6.07, 6.45) is 5.30. The van der Waals surface area contributed by atoms with Crippen LogP contribution in [-0.4, -0.2) is 46.8 Å². The van der Waals surface area contributed by atoms with Gasteiger partial charge in [-0.1, -0.05) is 0 Å². The second-order valence-corrected chi connectivity index (χ2v) is 5.66. The van der Waals surface area contributed by atoms with Crippen LogP contribution in [0.1, 0.15) is 52.4 Å². The lowest BCUT2D eigenvalue weighted by molar-refractivity contribution is -0.134. The van der Waals surface area contributed by atoms with Crippen molar-refractivity contribution in [3.63, 3.8) is 0 Å². The predicted molar refractivity (Wildman–Crippen MR) is 70.1 cm³/mol. The number of amides is 2. The van der Waals surface area contributed by atoms with Crippen molar-refractivity contribution in [2.24, 2.45) is 0 Å². The number of hydrogen-bond acceptors (Lipinski definition) is 2. The fraction of sp³-hybridized carbons (Fsp3) is 0.857. The van der Waals surface area contributed by atoms with Gasteiger partial charge in [-0.25, -0.2) is 0 Å². The summed E-state index contributed by atoms with van der Waals surface area (Å²) in [7, 11) is 0. The van der Waals surface area contributed by atoms with Gasteiger partial charge < -0.3 is 9.80 Å². The van der Waals surface area contributed by atoms with E-state index < -0.39 is 0 Å². The summed E-state index contributed by atoms with van der Waals surface area (Å²) in [5, 5.41) is 0. The molecule has 0 spiro atoms. The minimum atomic E-state index is 0.255. The van der Waals surface area contributed by atoms with Gasteiger partial charge in [-0.05, 0) is 39.5 Å². The number of nitrogens with zero attached hydrogens (tertiary/aromatic N) is 2. The molecule has 2 rings (SSSR count). The molecule has 0 N–H and O–H groups in total. The fourth-order valence-corrected chi connectivity index (χ4v) is 3.18. The van der Waals surface area contributed by atoms with E-state index in [-0.39, 0.29) is 11.8 Å². The smallest absolute Gasteiger partial charge is 0.223 e. The van der Waals surface area contributed by atoms with E-state index >= 15 is 0 Å². The molecule has 2 fully saturated rings. The van der Waals surface area contributed by atoms with E-state index in [1.54, 1.807) is 0 Å². The van der Waals surface area contributed by atoms with Crippen LogP contribution in [0.2, 0.25) is 0 Å². The van der Waals surface area contributed by atoms with Crippen molar-refractivity contribution < 1.29 is 9.59 Å². The SMILES string of the molecule is C[C@@H]1CC[C@H](C)N1C(=O)CCCN1CCCC1=O. The molecule has 18 heavy (non-hydrogen) atoms. The van der Waals surface area contributed by atoms with Crippen LogP contribution in [0.3, 0.4) is 0 Å². The third-order valence-electron chi connectivity index (χ3n) is 4.23. The summed E-state index contributed by atoms with van der Waals surface area (Å²) in [5.41, 5.74) is 0. The maximum atomic E-state index is 12.1. The van der Waals surface area contributed by atoms with E-state index in [0.29, 0.717) is 24.9 Å². The molecule has 0 unspecified atom stereocenters. The van der Waals surface area contributed by atoms with Gasteiger partial charge in [-0.2, -0.15) is 0 Å². The van der Waals surface area contributed by atoms with Gasteiger partial charge in [0.15, 0.2) is 0 Å². The molecule has 0 aliphatic carbocycles. The van der Waals surface area contributed by atoms with E-state index in [2.05, 4.69) is 13.8 Å². The summed E-state index contributed by atoms with van der Waals surface area (Å²) in [6.45, 7) is 5.89.